The lowest BCUT2D eigenvalue weighted by molar-refractivity contribution is -0.141. The van der Waals surface area contributed by atoms with Crippen LogP contribution in [0.25, 0.3) is 10.9 Å². The fourth-order valence-electron chi connectivity index (χ4n) is 1.70. The zero-order valence-electron chi connectivity index (χ0n) is 8.95. The summed E-state index contributed by atoms with van der Waals surface area (Å²) in [6, 6.07) is 2.00. The second-order valence-electron chi connectivity index (χ2n) is 3.76. The number of rotatable bonds is 0. The van der Waals surface area contributed by atoms with E-state index < -0.39 is 28.7 Å². The number of aromatic amines is 1. The normalized spacial score (nSPS) is 12.1. The van der Waals surface area contributed by atoms with Crippen molar-refractivity contribution in [2.45, 2.75) is 13.1 Å². The molecule has 2 nitrogen and oxygen atoms in total. The molecule has 0 bridgehead atoms. The number of hydrogen-bond donors (Lipinski definition) is 1. The van der Waals surface area contributed by atoms with Gasteiger partial charge in [0.05, 0.1) is 5.52 Å². The van der Waals surface area contributed by atoms with Gasteiger partial charge in [0.15, 0.2) is 5.43 Å². The number of H-pyrrole nitrogens is 1. The van der Waals surface area contributed by atoms with Gasteiger partial charge in [-0.15, -0.1) is 0 Å². The molecule has 0 saturated carbocycles. The standard InChI is InChI=1S/C11H6F4INO/c1-4-9(18)6-2-5(12)3-7(16)8(6)17-10(4)11(13,14)15/h2-3H,1H3,(H,17,18). The Morgan fingerprint density at radius 2 is 1.89 bits per heavy atom. The van der Waals surface area contributed by atoms with Crippen LogP contribution < -0.4 is 5.43 Å². The van der Waals surface area contributed by atoms with Gasteiger partial charge in [0.2, 0.25) is 0 Å². The van der Waals surface area contributed by atoms with Crippen molar-refractivity contribution in [2.75, 3.05) is 0 Å². The van der Waals surface area contributed by atoms with Gasteiger partial charge in [0.25, 0.3) is 0 Å². The average Bonchev–Trinajstić information content (AvgIpc) is 2.22. The summed E-state index contributed by atoms with van der Waals surface area (Å²) in [6.45, 7) is 1.07. The first-order valence-corrected chi connectivity index (χ1v) is 5.88. The van der Waals surface area contributed by atoms with Crippen molar-refractivity contribution >= 4 is 33.5 Å². The SMILES string of the molecule is Cc1c(C(F)(F)F)[nH]c2c(I)cc(F)cc2c1=O. The molecule has 0 aliphatic rings. The Hall–Kier alpha value is -1.12. The largest absolute Gasteiger partial charge is 0.431 e. The van der Waals surface area contributed by atoms with Gasteiger partial charge in [0, 0.05) is 14.5 Å². The predicted molar refractivity (Wildman–Crippen MR) is 67.0 cm³/mol. The lowest BCUT2D eigenvalue weighted by Gasteiger charge is -2.12. The van der Waals surface area contributed by atoms with Crippen molar-refractivity contribution < 1.29 is 17.6 Å². The summed E-state index contributed by atoms with van der Waals surface area (Å²) in [5.74, 6) is -0.656. The molecule has 0 aliphatic heterocycles. The molecule has 96 valence electrons. The van der Waals surface area contributed by atoms with Gasteiger partial charge in [-0.05, 0) is 41.6 Å². The van der Waals surface area contributed by atoms with Gasteiger partial charge in [-0.3, -0.25) is 4.79 Å². The second kappa shape index (κ2) is 4.22. The van der Waals surface area contributed by atoms with Crippen molar-refractivity contribution in [3.05, 3.63) is 43.0 Å². The van der Waals surface area contributed by atoms with Crippen LogP contribution in [-0.2, 0) is 6.18 Å². The van der Waals surface area contributed by atoms with Gasteiger partial charge in [-0.2, -0.15) is 13.2 Å². The number of pyridine rings is 1. The molecule has 0 saturated heterocycles. The Bertz CT molecular complexity index is 690. The Morgan fingerprint density at radius 1 is 1.28 bits per heavy atom. The van der Waals surface area contributed by atoms with E-state index in [-0.39, 0.29) is 14.5 Å². The van der Waals surface area contributed by atoms with E-state index in [0.717, 1.165) is 19.1 Å². The lowest BCUT2D eigenvalue weighted by Crippen LogP contribution is -2.19. The van der Waals surface area contributed by atoms with E-state index in [1.165, 1.54) is 0 Å². The van der Waals surface area contributed by atoms with Crippen LogP contribution in [0.4, 0.5) is 17.6 Å². The van der Waals surface area contributed by atoms with Crippen LogP contribution in [0.2, 0.25) is 0 Å². The van der Waals surface area contributed by atoms with E-state index in [1.54, 1.807) is 22.6 Å². The van der Waals surface area contributed by atoms with Gasteiger partial charge in [0.1, 0.15) is 11.5 Å². The van der Waals surface area contributed by atoms with Crippen LogP contribution in [-0.4, -0.2) is 4.98 Å². The minimum atomic E-state index is -4.64. The van der Waals surface area contributed by atoms with E-state index in [4.69, 9.17) is 0 Å². The van der Waals surface area contributed by atoms with Gasteiger partial charge in [-0.1, -0.05) is 0 Å². The number of fused-ring (bicyclic) bond motifs is 1. The third-order valence-electron chi connectivity index (χ3n) is 2.55. The number of benzene rings is 1. The topological polar surface area (TPSA) is 32.9 Å². The van der Waals surface area contributed by atoms with E-state index >= 15 is 0 Å². The maximum atomic E-state index is 13.2. The summed E-state index contributed by atoms with van der Waals surface area (Å²) < 4.78 is 51.6. The molecule has 0 spiro atoms. The number of hydrogen-bond acceptors (Lipinski definition) is 1. The van der Waals surface area contributed by atoms with E-state index in [0.29, 0.717) is 0 Å². The molecular weight excluding hydrogens is 365 g/mol. The summed E-state index contributed by atoms with van der Waals surface area (Å²) >= 11 is 1.68. The quantitative estimate of drug-likeness (QED) is 0.557. The van der Waals surface area contributed by atoms with Gasteiger partial charge < -0.3 is 4.98 Å². The lowest BCUT2D eigenvalue weighted by atomic mass is 10.1. The smallest absolute Gasteiger partial charge is 0.350 e. The van der Waals surface area contributed by atoms with Crippen LogP contribution in [0.3, 0.4) is 0 Å². The Kier molecular flexibility index (Phi) is 3.12. The number of alkyl halides is 3. The molecule has 2 rings (SSSR count). The number of halogens is 5. The first kappa shape index (κ1) is 13.3. The maximum absolute atomic E-state index is 13.2. The second-order valence-corrected chi connectivity index (χ2v) is 4.92. The summed E-state index contributed by atoms with van der Waals surface area (Å²) in [4.78, 5) is 14.0. The monoisotopic (exact) mass is 371 g/mol. The first-order chi connectivity index (χ1) is 8.21. The molecule has 0 amide bonds. The molecule has 7 heteroatoms. The van der Waals surface area contributed by atoms with E-state index in [1.807, 2.05) is 0 Å². The minimum absolute atomic E-state index is 0.0000694. The van der Waals surface area contributed by atoms with Crippen LogP contribution in [0.5, 0.6) is 0 Å². The van der Waals surface area contributed by atoms with Gasteiger partial charge in [-0.25, -0.2) is 4.39 Å². The third kappa shape index (κ3) is 2.11. The molecule has 0 aliphatic carbocycles. The van der Waals surface area contributed by atoms with E-state index in [2.05, 4.69) is 4.98 Å². The zero-order chi connectivity index (χ0) is 13.7. The molecule has 1 heterocycles. The first-order valence-electron chi connectivity index (χ1n) is 4.80. The van der Waals surface area contributed by atoms with Crippen molar-refractivity contribution in [3.63, 3.8) is 0 Å². The molecule has 0 fully saturated rings. The summed E-state index contributed by atoms with van der Waals surface area (Å²) in [5.41, 5.74) is -2.37. The Balaban J connectivity index is 2.98. The molecule has 1 aromatic heterocycles. The molecular formula is C11H6F4INO. The van der Waals surface area contributed by atoms with Gasteiger partial charge >= 0.3 is 6.18 Å². The molecule has 0 radical (unpaired) electrons. The minimum Gasteiger partial charge on any atom is -0.350 e. The summed E-state index contributed by atoms with van der Waals surface area (Å²) in [6.07, 6.45) is -4.64. The molecule has 2 aromatic rings. The summed E-state index contributed by atoms with van der Waals surface area (Å²) in [7, 11) is 0. The van der Waals surface area contributed by atoms with Crippen LogP contribution in [0, 0.1) is 16.3 Å². The Morgan fingerprint density at radius 3 is 2.44 bits per heavy atom. The van der Waals surface area contributed by atoms with Crippen molar-refractivity contribution in [3.8, 4) is 0 Å². The average molecular weight is 371 g/mol. The highest BCUT2D eigenvalue weighted by Gasteiger charge is 2.35. The van der Waals surface area contributed by atoms with E-state index in [9.17, 15) is 22.4 Å². The van der Waals surface area contributed by atoms with Crippen LogP contribution >= 0.6 is 22.6 Å². The summed E-state index contributed by atoms with van der Waals surface area (Å²) in [5, 5.41) is -0.0788. The highest BCUT2D eigenvalue weighted by Crippen LogP contribution is 2.31. The molecule has 0 unspecified atom stereocenters. The highest BCUT2D eigenvalue weighted by molar-refractivity contribution is 14.1. The molecule has 18 heavy (non-hydrogen) atoms. The number of aromatic nitrogens is 1. The van der Waals surface area contributed by atoms with Crippen molar-refractivity contribution in [2.24, 2.45) is 0 Å². The highest BCUT2D eigenvalue weighted by atomic mass is 127. The Labute approximate surface area is 112 Å². The number of nitrogens with one attached hydrogen (secondary N) is 1. The fourth-order valence-corrected chi connectivity index (χ4v) is 2.42. The zero-order valence-corrected chi connectivity index (χ0v) is 11.1. The maximum Gasteiger partial charge on any atom is 0.431 e. The molecule has 1 N–H and O–H groups in total. The molecule has 1 aromatic carbocycles. The van der Waals surface area contributed by atoms with Crippen LogP contribution in [0.1, 0.15) is 11.3 Å². The third-order valence-corrected chi connectivity index (χ3v) is 3.40. The van der Waals surface area contributed by atoms with Crippen molar-refractivity contribution in [1.82, 2.24) is 4.98 Å². The molecule has 0 atom stereocenters. The van der Waals surface area contributed by atoms with Crippen molar-refractivity contribution in [1.29, 1.82) is 0 Å². The fraction of sp³-hybridized carbons (Fsp3) is 0.182. The predicted octanol–water partition coefficient (Wildman–Crippen LogP) is 3.60. The van der Waals surface area contributed by atoms with Crippen LogP contribution in [0.15, 0.2) is 16.9 Å².